The van der Waals surface area contributed by atoms with Crippen molar-refractivity contribution in [2.75, 3.05) is 25.4 Å². The second-order valence-corrected chi connectivity index (χ2v) is 8.82. The van der Waals surface area contributed by atoms with Gasteiger partial charge in [-0.1, -0.05) is 23.9 Å². The van der Waals surface area contributed by atoms with E-state index < -0.39 is 16.0 Å². The summed E-state index contributed by atoms with van der Waals surface area (Å²) >= 11 is 1.01. The Hall–Kier alpha value is -2.93. The van der Waals surface area contributed by atoms with Gasteiger partial charge in [-0.05, 0) is 48.5 Å². The van der Waals surface area contributed by atoms with Crippen LogP contribution >= 0.6 is 11.8 Å². The fourth-order valence-electron chi connectivity index (χ4n) is 2.62. The highest BCUT2D eigenvalue weighted by Crippen LogP contribution is 2.30. The van der Waals surface area contributed by atoms with E-state index in [2.05, 4.69) is 25.4 Å². The van der Waals surface area contributed by atoms with E-state index in [9.17, 15) is 13.2 Å². The molecule has 1 heterocycles. The summed E-state index contributed by atoms with van der Waals surface area (Å²) in [5.41, 5.74) is 5.68. The molecule has 3 aromatic rings. The number of hydrogen-bond acceptors (Lipinski definition) is 8. The van der Waals surface area contributed by atoms with Gasteiger partial charge in [0.25, 0.3) is 0 Å². The van der Waals surface area contributed by atoms with Crippen LogP contribution in [-0.4, -0.2) is 54.6 Å². The lowest BCUT2D eigenvalue weighted by atomic mass is 10.0. The van der Waals surface area contributed by atoms with Crippen LogP contribution in [0.1, 0.15) is 0 Å². The fraction of sp³-hybridized carbons (Fsp3) is 0.167. The molecule has 0 unspecified atom stereocenters. The van der Waals surface area contributed by atoms with Crippen LogP contribution < -0.4 is 10.2 Å². The van der Waals surface area contributed by atoms with Crippen molar-refractivity contribution in [2.45, 2.75) is 10.1 Å². The Bertz CT molecular complexity index is 1150. The summed E-state index contributed by atoms with van der Waals surface area (Å²) in [4.78, 5) is 20.2. The van der Waals surface area contributed by atoms with Crippen molar-refractivity contribution in [1.29, 1.82) is 0 Å². The normalized spacial score (nSPS) is 11.4. The van der Waals surface area contributed by atoms with Gasteiger partial charge in [-0.25, -0.2) is 18.1 Å². The average Bonchev–Trinajstić information content (AvgIpc) is 3.21. The second kappa shape index (κ2) is 9.26. The molecule has 3 rings (SSSR count). The minimum absolute atomic E-state index is 0.143. The Balaban J connectivity index is 1.96. The molecule has 4 N–H and O–H groups in total. The minimum atomic E-state index is -3.52. The van der Waals surface area contributed by atoms with Crippen LogP contribution in [0.15, 0.2) is 52.5 Å². The molecule has 0 aliphatic heterocycles. The molecule has 1 aromatic heterocycles. The van der Waals surface area contributed by atoms with Gasteiger partial charge < -0.3 is 5.11 Å². The van der Waals surface area contributed by atoms with Gasteiger partial charge in [-0.15, -0.1) is 5.10 Å². The molecule has 0 bridgehead atoms. The van der Waals surface area contributed by atoms with Gasteiger partial charge in [0, 0.05) is 5.56 Å². The number of H-pyrrole nitrogens is 1. The quantitative estimate of drug-likeness (QED) is 0.285. The Labute approximate surface area is 177 Å². The van der Waals surface area contributed by atoms with Crippen molar-refractivity contribution in [2.24, 2.45) is 0 Å². The first-order chi connectivity index (χ1) is 14.3. The van der Waals surface area contributed by atoms with Crippen molar-refractivity contribution < 1.29 is 23.2 Å². The van der Waals surface area contributed by atoms with Gasteiger partial charge in [0.15, 0.2) is 5.82 Å². The van der Waals surface area contributed by atoms with Crippen molar-refractivity contribution in [3.8, 4) is 22.5 Å². The molecule has 158 valence electrons. The molecule has 0 aliphatic carbocycles. The van der Waals surface area contributed by atoms with Gasteiger partial charge in [0.1, 0.15) is 0 Å². The first kappa shape index (κ1) is 21.8. The van der Waals surface area contributed by atoms with Crippen molar-refractivity contribution >= 4 is 33.4 Å². The van der Waals surface area contributed by atoms with Crippen LogP contribution in [0.25, 0.3) is 22.5 Å². The van der Waals surface area contributed by atoms with E-state index in [4.69, 9.17) is 9.94 Å². The number of thioether (sulfide) groups is 1. The maximum Gasteiger partial charge on any atom is 0.313 e. The van der Waals surface area contributed by atoms with Crippen LogP contribution in [0.4, 0.5) is 5.69 Å². The lowest BCUT2D eigenvalue weighted by Gasteiger charge is -2.10. The molecule has 0 fully saturated rings. The summed E-state index contributed by atoms with van der Waals surface area (Å²) in [7, 11) is -0.682. The third-order valence-electron chi connectivity index (χ3n) is 3.98. The molecule has 0 saturated heterocycles. The molecule has 30 heavy (non-hydrogen) atoms. The van der Waals surface area contributed by atoms with Crippen LogP contribution in [0.5, 0.6) is 0 Å². The predicted molar refractivity (Wildman–Crippen MR) is 112 cm³/mol. The highest BCUT2D eigenvalue weighted by atomic mass is 32.2. The van der Waals surface area contributed by atoms with Gasteiger partial charge >= 0.3 is 5.97 Å². The zero-order valence-corrected chi connectivity index (χ0v) is 17.7. The standard InChI is InChI=1S/C18H19N5O5S2/c1-19-30(26,27)15-5-3-11(4-6-15)12-7-13(9-14(8-12)23-28-2)17-20-18(22-21-17)29-10-16(24)25/h3-9,19,23H,10H2,1-2H3,(H,24,25)(H,20,21,22). The number of benzene rings is 2. The first-order valence-corrected chi connectivity index (χ1v) is 11.0. The number of carbonyl (C=O) groups is 1. The fourth-order valence-corrected chi connectivity index (χ4v) is 3.87. The molecule has 0 spiro atoms. The number of carboxylic acids is 1. The number of rotatable bonds is 9. The lowest BCUT2D eigenvalue weighted by Crippen LogP contribution is -2.18. The maximum atomic E-state index is 11.9. The Morgan fingerprint density at radius 2 is 1.87 bits per heavy atom. The molecule has 10 nitrogen and oxygen atoms in total. The van der Waals surface area contributed by atoms with Crippen molar-refractivity contribution in [3.63, 3.8) is 0 Å². The largest absolute Gasteiger partial charge is 0.481 e. The molecular weight excluding hydrogens is 430 g/mol. The second-order valence-electron chi connectivity index (χ2n) is 5.99. The van der Waals surface area contributed by atoms with Gasteiger partial charge in [-0.2, -0.15) is 0 Å². The van der Waals surface area contributed by atoms with E-state index in [0.29, 0.717) is 22.2 Å². The van der Waals surface area contributed by atoms with Gasteiger partial charge in [0.2, 0.25) is 15.2 Å². The number of aliphatic carboxylic acids is 1. The van der Waals surface area contributed by atoms with Crippen LogP contribution in [0.2, 0.25) is 0 Å². The zero-order valence-electron chi connectivity index (χ0n) is 16.0. The highest BCUT2D eigenvalue weighted by Gasteiger charge is 2.13. The topological polar surface area (TPSA) is 146 Å². The highest BCUT2D eigenvalue weighted by molar-refractivity contribution is 7.99. The number of sulfonamides is 1. The molecule has 0 amide bonds. The zero-order chi connectivity index (χ0) is 21.7. The van der Waals surface area contributed by atoms with E-state index in [0.717, 1.165) is 22.9 Å². The van der Waals surface area contributed by atoms with E-state index in [-0.39, 0.29) is 10.6 Å². The summed E-state index contributed by atoms with van der Waals surface area (Å²) in [6.07, 6.45) is 0. The Morgan fingerprint density at radius 3 is 2.50 bits per heavy atom. The van der Waals surface area contributed by atoms with E-state index in [1.807, 2.05) is 12.1 Å². The maximum absolute atomic E-state index is 11.9. The monoisotopic (exact) mass is 449 g/mol. The molecule has 12 heteroatoms. The van der Waals surface area contributed by atoms with Crippen LogP contribution in [-0.2, 0) is 19.7 Å². The molecule has 0 saturated carbocycles. The molecule has 0 radical (unpaired) electrons. The number of aromatic nitrogens is 3. The number of aromatic amines is 1. The number of anilines is 1. The lowest BCUT2D eigenvalue weighted by molar-refractivity contribution is -0.133. The summed E-state index contributed by atoms with van der Waals surface area (Å²) < 4.78 is 26.1. The summed E-state index contributed by atoms with van der Waals surface area (Å²) in [5.74, 6) is -0.641. The predicted octanol–water partition coefficient (Wildman–Crippen LogP) is 2.20. The van der Waals surface area contributed by atoms with Crippen LogP contribution in [0.3, 0.4) is 0 Å². The van der Waals surface area contributed by atoms with Crippen molar-refractivity contribution in [3.05, 3.63) is 42.5 Å². The number of nitrogens with zero attached hydrogens (tertiary/aromatic N) is 2. The SMILES string of the molecule is CNS(=O)(=O)c1ccc(-c2cc(NOC)cc(-c3nc(SCC(=O)O)n[nH]3)c2)cc1. The third-order valence-corrected chi connectivity index (χ3v) is 6.24. The minimum Gasteiger partial charge on any atom is -0.481 e. The molecule has 0 atom stereocenters. The van der Waals surface area contributed by atoms with Gasteiger partial charge in [-0.3, -0.25) is 20.2 Å². The molecule has 0 aliphatic rings. The Kier molecular flexibility index (Phi) is 6.72. The molecule has 2 aromatic carbocycles. The number of nitrogens with one attached hydrogen (secondary N) is 3. The third kappa shape index (κ3) is 5.16. The number of carboxylic acid groups (broad SMARTS) is 1. The molecular formula is C18H19N5O5S2. The van der Waals surface area contributed by atoms with Crippen LogP contribution in [0, 0.1) is 0 Å². The Morgan fingerprint density at radius 1 is 1.17 bits per heavy atom. The smallest absolute Gasteiger partial charge is 0.313 e. The van der Waals surface area contributed by atoms with E-state index in [1.54, 1.807) is 18.2 Å². The first-order valence-electron chi connectivity index (χ1n) is 8.58. The van der Waals surface area contributed by atoms with Gasteiger partial charge in [0.05, 0.1) is 23.4 Å². The summed E-state index contributed by atoms with van der Waals surface area (Å²) in [6.45, 7) is 0. The van der Waals surface area contributed by atoms with E-state index in [1.165, 1.54) is 26.3 Å². The average molecular weight is 450 g/mol. The number of hydrogen-bond donors (Lipinski definition) is 4. The summed E-state index contributed by atoms with van der Waals surface area (Å²) in [5, 5.41) is 15.9. The van der Waals surface area contributed by atoms with E-state index >= 15 is 0 Å². The van der Waals surface area contributed by atoms with Crippen molar-refractivity contribution in [1.82, 2.24) is 19.9 Å². The summed E-state index contributed by atoms with van der Waals surface area (Å²) in [6, 6.07) is 11.9.